The quantitative estimate of drug-likeness (QED) is 0.708. The first-order chi connectivity index (χ1) is 8.21. The number of benzene rings is 1. The molecule has 0 fully saturated rings. The Balaban J connectivity index is 2.84. The second-order valence-electron chi connectivity index (χ2n) is 4.72. The molecular formula is C13H17BF3O-. The average molecular weight is 257 g/mol. The maximum atomic E-state index is 12.4. The highest BCUT2D eigenvalue weighted by atomic mass is 19.4. The van der Waals surface area contributed by atoms with Crippen LogP contribution in [0.3, 0.4) is 0 Å². The third-order valence-electron chi connectivity index (χ3n) is 2.67. The van der Waals surface area contributed by atoms with E-state index in [2.05, 4.69) is 6.58 Å². The van der Waals surface area contributed by atoms with E-state index in [9.17, 15) is 12.9 Å². The van der Waals surface area contributed by atoms with Gasteiger partial charge in [-0.15, -0.1) is 12.1 Å². The van der Waals surface area contributed by atoms with Crippen LogP contribution < -0.4 is 4.74 Å². The third-order valence-corrected chi connectivity index (χ3v) is 2.67. The first-order valence-corrected chi connectivity index (χ1v) is 5.82. The van der Waals surface area contributed by atoms with Crippen LogP contribution in [0.15, 0.2) is 30.3 Å². The lowest BCUT2D eigenvalue weighted by atomic mass is 9.81. The van der Waals surface area contributed by atoms with Gasteiger partial charge in [0.15, 0.2) is 0 Å². The Morgan fingerprint density at radius 1 is 1.33 bits per heavy atom. The van der Waals surface area contributed by atoms with Crippen molar-refractivity contribution in [3.63, 3.8) is 0 Å². The number of hydrogen-bond donors (Lipinski definition) is 0. The molecule has 1 aromatic carbocycles. The maximum Gasteiger partial charge on any atom is 0.508 e. The molecule has 0 N–H and O–H groups in total. The van der Waals surface area contributed by atoms with E-state index in [0.717, 1.165) is 11.1 Å². The minimum absolute atomic E-state index is 0.199. The van der Waals surface area contributed by atoms with E-state index in [0.29, 0.717) is 5.75 Å². The van der Waals surface area contributed by atoms with Gasteiger partial charge in [-0.05, 0) is 30.0 Å². The lowest BCUT2D eigenvalue weighted by Crippen LogP contribution is -2.23. The molecule has 0 saturated heterocycles. The first kappa shape index (κ1) is 14.7. The predicted octanol–water partition coefficient (Wildman–Crippen LogP) is 4.44. The van der Waals surface area contributed by atoms with Crippen molar-refractivity contribution in [2.45, 2.75) is 26.7 Å². The molecule has 0 bridgehead atoms. The summed E-state index contributed by atoms with van der Waals surface area (Å²) < 4.78 is 42.4. The molecule has 1 rings (SSSR count). The van der Waals surface area contributed by atoms with Crippen LogP contribution in [-0.4, -0.2) is 13.6 Å². The highest BCUT2D eigenvalue weighted by Crippen LogP contribution is 2.28. The van der Waals surface area contributed by atoms with Crippen molar-refractivity contribution in [3.05, 3.63) is 41.4 Å². The molecule has 0 aliphatic carbocycles. The molecule has 0 aliphatic rings. The molecule has 18 heavy (non-hydrogen) atoms. The Hall–Kier alpha value is -1.39. The van der Waals surface area contributed by atoms with E-state index in [-0.39, 0.29) is 5.92 Å². The van der Waals surface area contributed by atoms with Crippen molar-refractivity contribution in [2.75, 3.05) is 6.61 Å². The number of halogens is 3. The van der Waals surface area contributed by atoms with Crippen molar-refractivity contribution < 1.29 is 17.7 Å². The van der Waals surface area contributed by atoms with E-state index in [1.807, 2.05) is 32.9 Å². The van der Waals surface area contributed by atoms with E-state index in [1.54, 1.807) is 6.07 Å². The summed E-state index contributed by atoms with van der Waals surface area (Å²) in [5, 5.41) is 0. The van der Waals surface area contributed by atoms with Crippen LogP contribution in [0.1, 0.15) is 30.9 Å². The summed E-state index contributed by atoms with van der Waals surface area (Å²) in [5.41, 5.74) is 1.05. The van der Waals surface area contributed by atoms with Gasteiger partial charge in [0.2, 0.25) is 0 Å². The van der Waals surface area contributed by atoms with E-state index in [4.69, 9.17) is 4.74 Å². The zero-order chi connectivity index (χ0) is 13.9. The van der Waals surface area contributed by atoms with Gasteiger partial charge in [-0.2, -0.15) is 0 Å². The molecule has 0 atom stereocenters. The van der Waals surface area contributed by atoms with Crippen molar-refractivity contribution in [2.24, 2.45) is 0 Å². The van der Waals surface area contributed by atoms with Gasteiger partial charge in [-0.3, -0.25) is 0 Å². The normalized spacial score (nSPS) is 11.7. The summed E-state index contributed by atoms with van der Waals surface area (Å²) in [4.78, 5) is 0. The van der Waals surface area contributed by atoms with Gasteiger partial charge >= 0.3 is 6.98 Å². The monoisotopic (exact) mass is 257 g/mol. The molecule has 0 aromatic heterocycles. The SMILES string of the molecule is C=C(COc1cc(C)ccc1C(C)C)[B-](F)(F)F. The highest BCUT2D eigenvalue weighted by molar-refractivity contribution is 6.66. The summed E-state index contributed by atoms with van der Waals surface area (Å²) in [6.07, 6.45) is 0. The molecule has 0 saturated carbocycles. The van der Waals surface area contributed by atoms with E-state index >= 15 is 0 Å². The Kier molecular flexibility index (Phi) is 4.49. The zero-order valence-corrected chi connectivity index (χ0v) is 10.8. The number of rotatable bonds is 5. The topological polar surface area (TPSA) is 9.23 Å². The Morgan fingerprint density at radius 3 is 2.44 bits per heavy atom. The van der Waals surface area contributed by atoms with Gasteiger partial charge in [0.05, 0.1) is 6.61 Å². The van der Waals surface area contributed by atoms with Gasteiger partial charge in [0.25, 0.3) is 0 Å². The minimum atomic E-state index is -5.03. The first-order valence-electron chi connectivity index (χ1n) is 5.82. The van der Waals surface area contributed by atoms with Gasteiger partial charge < -0.3 is 17.7 Å². The van der Waals surface area contributed by atoms with Crippen LogP contribution >= 0.6 is 0 Å². The molecule has 0 heterocycles. The van der Waals surface area contributed by atoms with Crippen molar-refractivity contribution >= 4 is 6.98 Å². The van der Waals surface area contributed by atoms with Crippen molar-refractivity contribution in [1.29, 1.82) is 0 Å². The number of ether oxygens (including phenoxy) is 1. The molecule has 0 spiro atoms. The summed E-state index contributed by atoms with van der Waals surface area (Å²) >= 11 is 0. The van der Waals surface area contributed by atoms with Crippen LogP contribution in [0.2, 0.25) is 0 Å². The zero-order valence-electron chi connectivity index (χ0n) is 10.8. The molecule has 0 unspecified atom stereocenters. The predicted molar refractivity (Wildman–Crippen MR) is 69.0 cm³/mol. The standard InChI is InChI=1S/C13H17BF3O/c1-9(2)12-6-5-10(3)7-13(12)18-8-11(4)14(15,16)17/h5-7,9H,4,8H2,1-3H3/q-1. The lowest BCUT2D eigenvalue weighted by Gasteiger charge is -2.20. The van der Waals surface area contributed by atoms with E-state index < -0.39 is 19.1 Å². The van der Waals surface area contributed by atoms with Crippen molar-refractivity contribution in [3.8, 4) is 5.75 Å². The summed E-state index contributed by atoms with van der Waals surface area (Å²) in [6.45, 7) is 3.30. The summed E-state index contributed by atoms with van der Waals surface area (Å²) in [6, 6.07) is 5.56. The summed E-state index contributed by atoms with van der Waals surface area (Å²) in [7, 11) is 0. The molecule has 100 valence electrons. The molecule has 1 nitrogen and oxygen atoms in total. The smallest absolute Gasteiger partial charge is 0.492 e. The Bertz CT molecular complexity index is 438. The van der Waals surface area contributed by atoms with Crippen LogP contribution in [-0.2, 0) is 0 Å². The minimum Gasteiger partial charge on any atom is -0.492 e. The average Bonchev–Trinajstić information content (AvgIpc) is 2.24. The van der Waals surface area contributed by atoms with Gasteiger partial charge in [0, 0.05) is 0 Å². The van der Waals surface area contributed by atoms with Gasteiger partial charge in [0.1, 0.15) is 5.75 Å². The van der Waals surface area contributed by atoms with Crippen LogP contribution in [0.4, 0.5) is 12.9 Å². The molecular weight excluding hydrogens is 240 g/mol. The van der Waals surface area contributed by atoms with Crippen LogP contribution in [0.25, 0.3) is 0 Å². The fraction of sp³-hybridized carbons (Fsp3) is 0.385. The van der Waals surface area contributed by atoms with Crippen LogP contribution in [0.5, 0.6) is 5.75 Å². The Labute approximate surface area is 106 Å². The number of aryl methyl sites for hydroxylation is 1. The number of hydrogen-bond acceptors (Lipinski definition) is 1. The van der Waals surface area contributed by atoms with Gasteiger partial charge in [-0.25, -0.2) is 0 Å². The molecule has 0 aliphatic heterocycles. The third kappa shape index (κ3) is 3.82. The van der Waals surface area contributed by atoms with E-state index in [1.165, 1.54) is 0 Å². The fourth-order valence-corrected chi connectivity index (χ4v) is 1.51. The molecule has 1 aromatic rings. The largest absolute Gasteiger partial charge is 0.508 e. The maximum absolute atomic E-state index is 12.4. The van der Waals surface area contributed by atoms with Crippen LogP contribution in [0, 0.1) is 6.92 Å². The molecule has 5 heteroatoms. The molecule has 0 amide bonds. The second-order valence-corrected chi connectivity index (χ2v) is 4.72. The van der Waals surface area contributed by atoms with Gasteiger partial charge in [-0.1, -0.05) is 26.0 Å². The van der Waals surface area contributed by atoms with Crippen molar-refractivity contribution in [1.82, 2.24) is 0 Å². The Morgan fingerprint density at radius 2 is 1.94 bits per heavy atom. The lowest BCUT2D eigenvalue weighted by molar-refractivity contribution is 0.342. The summed E-state index contributed by atoms with van der Waals surface area (Å²) in [5.74, 6) is 0.705. The fourth-order valence-electron chi connectivity index (χ4n) is 1.51. The highest BCUT2D eigenvalue weighted by Gasteiger charge is 2.27. The second kappa shape index (κ2) is 5.50. The molecule has 0 radical (unpaired) electrons.